The molecule has 74 valence electrons. The molecule has 1 saturated carbocycles. The Bertz CT molecular complexity index is 200. The second-order valence-corrected chi connectivity index (χ2v) is 3.34. The summed E-state index contributed by atoms with van der Waals surface area (Å²) in [5.41, 5.74) is 0. The number of carboxylic acid groups (broad SMARTS) is 1. The Labute approximate surface area is 78.2 Å². The van der Waals surface area contributed by atoms with E-state index in [0.29, 0.717) is 0 Å². The quantitative estimate of drug-likeness (QED) is 0.459. The van der Waals surface area contributed by atoms with Crippen LogP contribution in [0.5, 0.6) is 0 Å². The van der Waals surface area contributed by atoms with Gasteiger partial charge in [0.25, 0.3) is 0 Å². The van der Waals surface area contributed by atoms with Crippen molar-refractivity contribution in [1.29, 1.82) is 0 Å². The molecule has 2 N–H and O–H groups in total. The lowest BCUT2D eigenvalue weighted by molar-refractivity contribution is -0.131. The topological polar surface area (TPSA) is 52.6 Å². The van der Waals surface area contributed by atoms with Gasteiger partial charge in [0.05, 0.1) is 0 Å². The maximum absolute atomic E-state index is 10.1. The number of aliphatic carboxylic acids is 1. The summed E-state index contributed by atoms with van der Waals surface area (Å²) in [5, 5.41) is 11.2. The van der Waals surface area contributed by atoms with E-state index in [1.54, 1.807) is 0 Å². The molecule has 1 aliphatic carbocycles. The highest BCUT2D eigenvalue weighted by Gasteiger charge is 2.25. The van der Waals surface area contributed by atoms with E-state index in [4.69, 9.17) is 5.11 Å². The van der Waals surface area contributed by atoms with Crippen molar-refractivity contribution >= 4 is 5.97 Å². The van der Waals surface area contributed by atoms with E-state index in [1.807, 2.05) is 0 Å². The molecule has 0 aliphatic heterocycles. The highest BCUT2D eigenvalue weighted by atomic mass is 16.4. The Morgan fingerprint density at radius 2 is 2.38 bits per heavy atom. The molecular weight excluding hydrogens is 168 g/mol. The average Bonchev–Trinajstić information content (AvgIpc) is 2.85. The van der Waals surface area contributed by atoms with Crippen molar-refractivity contribution < 1.29 is 9.90 Å². The summed E-state index contributed by atoms with van der Waals surface area (Å²) in [7, 11) is 2.10. The summed E-state index contributed by atoms with van der Waals surface area (Å²) < 4.78 is 0. The van der Waals surface area contributed by atoms with Gasteiger partial charge >= 0.3 is 5.97 Å². The number of rotatable bonds is 6. The first-order valence-electron chi connectivity index (χ1n) is 4.53. The molecular formula is C9H16N2O2. The number of carboxylic acids is 1. The summed E-state index contributed by atoms with van der Waals surface area (Å²) >= 11 is 0. The fourth-order valence-electron chi connectivity index (χ4n) is 1.15. The van der Waals surface area contributed by atoms with Crippen LogP contribution in [0.25, 0.3) is 0 Å². The Balaban J connectivity index is 1.96. The normalized spacial score (nSPS) is 16.8. The van der Waals surface area contributed by atoms with Gasteiger partial charge in [0.2, 0.25) is 0 Å². The van der Waals surface area contributed by atoms with Gasteiger partial charge in [0.15, 0.2) is 0 Å². The molecule has 0 aromatic heterocycles. The number of carbonyl (C=O) groups is 1. The van der Waals surface area contributed by atoms with Crippen LogP contribution in [-0.2, 0) is 4.79 Å². The van der Waals surface area contributed by atoms with Crippen molar-refractivity contribution in [3.05, 3.63) is 12.3 Å². The zero-order chi connectivity index (χ0) is 9.68. The van der Waals surface area contributed by atoms with Crippen LogP contribution < -0.4 is 5.32 Å². The average molecular weight is 184 g/mol. The van der Waals surface area contributed by atoms with Gasteiger partial charge in [-0.05, 0) is 19.9 Å². The summed E-state index contributed by atoms with van der Waals surface area (Å²) in [5.74, 6) is -0.914. The van der Waals surface area contributed by atoms with Crippen molar-refractivity contribution in [2.75, 3.05) is 20.1 Å². The lowest BCUT2D eigenvalue weighted by Gasteiger charge is -2.14. The van der Waals surface area contributed by atoms with Crippen molar-refractivity contribution in [3.63, 3.8) is 0 Å². The highest BCUT2D eigenvalue weighted by molar-refractivity contribution is 5.79. The number of likely N-dealkylation sites (N-methyl/N-ethyl adjacent to an activating group) is 1. The zero-order valence-corrected chi connectivity index (χ0v) is 7.86. The number of hydrogen-bond donors (Lipinski definition) is 2. The van der Waals surface area contributed by atoms with E-state index in [2.05, 4.69) is 17.3 Å². The Kier molecular flexibility index (Phi) is 3.76. The Hall–Kier alpha value is -1.03. The largest absolute Gasteiger partial charge is 0.478 e. The summed E-state index contributed by atoms with van der Waals surface area (Å²) in [6.07, 6.45) is 5.20. The fraction of sp³-hybridized carbons (Fsp3) is 0.667. The molecule has 4 heteroatoms. The van der Waals surface area contributed by atoms with Gasteiger partial charge in [-0.25, -0.2) is 4.79 Å². The predicted molar refractivity (Wildman–Crippen MR) is 50.4 cm³/mol. The second-order valence-electron chi connectivity index (χ2n) is 3.34. The molecule has 0 spiro atoms. The maximum Gasteiger partial charge on any atom is 0.329 e. The third-order valence-corrected chi connectivity index (χ3v) is 2.12. The van der Waals surface area contributed by atoms with Gasteiger partial charge in [0.1, 0.15) is 0 Å². The monoisotopic (exact) mass is 184 g/mol. The van der Waals surface area contributed by atoms with E-state index in [0.717, 1.165) is 25.2 Å². The molecule has 0 aromatic rings. The molecule has 4 nitrogen and oxygen atoms in total. The first-order valence-corrected chi connectivity index (χ1v) is 4.53. The van der Waals surface area contributed by atoms with Crippen molar-refractivity contribution in [2.24, 2.45) is 0 Å². The third-order valence-electron chi connectivity index (χ3n) is 2.12. The fourth-order valence-corrected chi connectivity index (χ4v) is 1.15. The minimum atomic E-state index is -0.914. The van der Waals surface area contributed by atoms with E-state index in [9.17, 15) is 4.79 Å². The van der Waals surface area contributed by atoms with Crippen molar-refractivity contribution in [1.82, 2.24) is 10.2 Å². The van der Waals surface area contributed by atoms with Crippen molar-refractivity contribution in [3.8, 4) is 0 Å². The molecule has 1 fully saturated rings. The van der Waals surface area contributed by atoms with Gasteiger partial charge in [-0.15, -0.1) is 0 Å². The van der Waals surface area contributed by atoms with Crippen molar-refractivity contribution in [2.45, 2.75) is 18.9 Å². The van der Waals surface area contributed by atoms with Gasteiger partial charge in [-0.3, -0.25) is 0 Å². The van der Waals surface area contributed by atoms with E-state index >= 15 is 0 Å². The van der Waals surface area contributed by atoms with E-state index < -0.39 is 5.97 Å². The lowest BCUT2D eigenvalue weighted by atomic mass is 10.5. The number of nitrogens with one attached hydrogen (secondary N) is 1. The molecule has 1 rings (SSSR count). The SMILES string of the molecule is CN(CCN/C=C/C(=O)O)C1CC1. The molecule has 0 heterocycles. The molecule has 13 heavy (non-hydrogen) atoms. The maximum atomic E-state index is 10.1. The molecule has 0 atom stereocenters. The zero-order valence-electron chi connectivity index (χ0n) is 7.86. The standard InChI is InChI=1S/C9H16N2O2/c1-11(8-2-3-8)7-6-10-5-4-9(12)13/h4-5,8,10H,2-3,6-7H2,1H3,(H,12,13)/b5-4+. The molecule has 0 bridgehead atoms. The van der Waals surface area contributed by atoms with E-state index in [-0.39, 0.29) is 0 Å². The summed E-state index contributed by atoms with van der Waals surface area (Å²) in [6, 6.07) is 0.769. The van der Waals surface area contributed by atoms with Crippen LogP contribution >= 0.6 is 0 Å². The van der Waals surface area contributed by atoms with Crippen LogP contribution in [0.4, 0.5) is 0 Å². The van der Waals surface area contributed by atoms with Crippen LogP contribution in [-0.4, -0.2) is 42.2 Å². The second kappa shape index (κ2) is 4.87. The van der Waals surface area contributed by atoms with Crippen LogP contribution in [0.15, 0.2) is 12.3 Å². The summed E-state index contributed by atoms with van der Waals surface area (Å²) in [4.78, 5) is 12.4. The van der Waals surface area contributed by atoms with Gasteiger partial charge in [-0.1, -0.05) is 0 Å². The Morgan fingerprint density at radius 3 is 2.92 bits per heavy atom. The summed E-state index contributed by atoms with van der Waals surface area (Å²) in [6.45, 7) is 1.77. The first-order chi connectivity index (χ1) is 6.20. The third kappa shape index (κ3) is 4.52. The lowest BCUT2D eigenvalue weighted by Crippen LogP contribution is -2.28. The minimum absolute atomic E-state index is 0.769. The van der Waals surface area contributed by atoms with Gasteiger partial charge < -0.3 is 15.3 Å². The van der Waals surface area contributed by atoms with E-state index in [1.165, 1.54) is 19.0 Å². The van der Waals surface area contributed by atoms with Gasteiger partial charge in [0, 0.05) is 31.4 Å². The van der Waals surface area contributed by atoms with Crippen LogP contribution in [0.3, 0.4) is 0 Å². The van der Waals surface area contributed by atoms with Crippen LogP contribution in [0.1, 0.15) is 12.8 Å². The molecule has 0 unspecified atom stereocenters. The molecule has 0 amide bonds. The highest BCUT2D eigenvalue weighted by Crippen LogP contribution is 2.24. The number of hydrogen-bond acceptors (Lipinski definition) is 3. The first kappa shape index (κ1) is 10.1. The smallest absolute Gasteiger partial charge is 0.329 e. The molecule has 0 saturated heterocycles. The van der Waals surface area contributed by atoms with Gasteiger partial charge in [-0.2, -0.15) is 0 Å². The van der Waals surface area contributed by atoms with Crippen LogP contribution in [0, 0.1) is 0 Å². The Morgan fingerprint density at radius 1 is 1.69 bits per heavy atom. The molecule has 0 radical (unpaired) electrons. The molecule has 1 aliphatic rings. The number of nitrogens with zero attached hydrogens (tertiary/aromatic N) is 1. The van der Waals surface area contributed by atoms with Crippen LogP contribution in [0.2, 0.25) is 0 Å². The molecule has 0 aromatic carbocycles. The minimum Gasteiger partial charge on any atom is -0.478 e. The predicted octanol–water partition coefficient (Wildman–Crippen LogP) is 0.268.